The van der Waals surface area contributed by atoms with E-state index in [0.717, 1.165) is 19.3 Å². The number of unbranched alkanes of at least 4 members (excludes halogenated alkanes) is 3. The van der Waals surface area contributed by atoms with Crippen molar-refractivity contribution < 1.29 is 27.2 Å². The fourth-order valence-electron chi connectivity index (χ4n) is 1.84. The minimum absolute atomic E-state index is 0.0401. The molecule has 4 N–H and O–H groups in total. The van der Waals surface area contributed by atoms with Crippen molar-refractivity contribution in [2.45, 2.75) is 30.6 Å². The minimum Gasteiger partial charge on any atom is -0.352 e. The van der Waals surface area contributed by atoms with Crippen molar-refractivity contribution in [3.05, 3.63) is 29.8 Å². The van der Waals surface area contributed by atoms with Crippen molar-refractivity contribution in [2.75, 3.05) is 13.2 Å². The molecular weight excluding hydrogens is 343 g/mol. The second-order valence-corrected chi connectivity index (χ2v) is 7.24. The second kappa shape index (κ2) is 9.79. The molecule has 130 valence electrons. The highest BCUT2D eigenvalue weighted by Gasteiger charge is 2.09. The summed E-state index contributed by atoms with van der Waals surface area (Å²) in [4.78, 5) is 20.3. The summed E-state index contributed by atoms with van der Waals surface area (Å²) in [6.07, 6.45) is 3.17. The molecule has 10 heteroatoms. The Morgan fingerprint density at radius 2 is 1.78 bits per heavy atom. The van der Waals surface area contributed by atoms with Crippen molar-refractivity contribution >= 4 is 24.2 Å². The lowest BCUT2D eigenvalue weighted by molar-refractivity contribution is 0.0952. The molecule has 23 heavy (non-hydrogen) atoms. The number of primary sulfonamides is 1. The fourth-order valence-corrected chi connectivity index (χ4v) is 2.67. The molecule has 0 aliphatic rings. The van der Waals surface area contributed by atoms with E-state index in [1.54, 1.807) is 0 Å². The van der Waals surface area contributed by atoms with Gasteiger partial charge in [-0.3, -0.25) is 9.36 Å². The van der Waals surface area contributed by atoms with Crippen LogP contribution in [0.3, 0.4) is 0 Å². The van der Waals surface area contributed by atoms with Gasteiger partial charge in [0.2, 0.25) is 10.0 Å². The number of hydrogen-bond acceptors (Lipinski definition) is 5. The van der Waals surface area contributed by atoms with E-state index in [0.29, 0.717) is 18.5 Å². The summed E-state index contributed by atoms with van der Waals surface area (Å²) in [5.74, 6) is -0.284. The quantitative estimate of drug-likeness (QED) is 0.419. The summed E-state index contributed by atoms with van der Waals surface area (Å²) in [5, 5.41) is 7.71. The van der Waals surface area contributed by atoms with Gasteiger partial charge in [0, 0.05) is 12.1 Å². The molecule has 0 spiro atoms. The Kier molecular flexibility index (Phi) is 8.43. The lowest BCUT2D eigenvalue weighted by atomic mass is 10.2. The van der Waals surface area contributed by atoms with Crippen LogP contribution in [-0.2, 0) is 19.1 Å². The van der Waals surface area contributed by atoms with Crippen molar-refractivity contribution in [1.82, 2.24) is 5.32 Å². The third kappa shape index (κ3) is 8.24. The molecule has 0 fully saturated rings. The van der Waals surface area contributed by atoms with Crippen LogP contribution >= 0.6 is 8.25 Å². The Morgan fingerprint density at radius 3 is 2.35 bits per heavy atom. The van der Waals surface area contributed by atoms with Gasteiger partial charge in [-0.05, 0) is 37.1 Å². The monoisotopic (exact) mass is 364 g/mol. The third-order valence-electron chi connectivity index (χ3n) is 3.03. The predicted molar refractivity (Wildman–Crippen MR) is 85.8 cm³/mol. The molecule has 1 aromatic carbocycles. The van der Waals surface area contributed by atoms with E-state index in [2.05, 4.69) is 9.84 Å². The number of carbonyl (C=O) groups is 1. The van der Waals surface area contributed by atoms with Crippen LogP contribution in [0.15, 0.2) is 29.2 Å². The maximum atomic E-state index is 11.8. The summed E-state index contributed by atoms with van der Waals surface area (Å²) in [6, 6.07) is 5.39. The minimum atomic E-state index is -3.76. The molecule has 0 bridgehead atoms. The molecule has 0 aromatic heterocycles. The first-order valence-electron chi connectivity index (χ1n) is 7.07. The average molecular weight is 364 g/mol. The van der Waals surface area contributed by atoms with Crippen LogP contribution in [0.1, 0.15) is 36.0 Å². The molecule has 1 aromatic rings. The molecule has 1 atom stereocenters. The number of sulfonamides is 1. The largest absolute Gasteiger partial charge is 0.352 e. The van der Waals surface area contributed by atoms with E-state index in [1.165, 1.54) is 24.3 Å². The normalized spacial score (nSPS) is 12.8. The Bertz CT molecular complexity index is 632. The van der Waals surface area contributed by atoms with Gasteiger partial charge in [0.05, 0.1) is 11.5 Å². The van der Waals surface area contributed by atoms with Gasteiger partial charge in [0.25, 0.3) is 5.91 Å². The van der Waals surface area contributed by atoms with Crippen molar-refractivity contribution in [1.29, 1.82) is 0 Å². The molecule has 1 amide bonds. The molecule has 0 saturated carbocycles. The SMILES string of the molecule is NS(=O)(=O)c1ccc(C(=O)NCCCCCCO[PH](=O)O)cc1. The highest BCUT2D eigenvalue weighted by Crippen LogP contribution is 2.15. The standard InChI is InChI=1S/C13H21N2O6PS/c14-23(19,20)12-7-5-11(6-8-12)13(16)15-9-3-1-2-4-10-21-22(17)18/h5-8,22H,1-4,9-10H2,(H,15,16)(H,17,18)(H2,14,19,20). The average Bonchev–Trinajstić information content (AvgIpc) is 2.48. The van der Waals surface area contributed by atoms with Crippen molar-refractivity contribution in [3.8, 4) is 0 Å². The smallest absolute Gasteiger partial charge is 0.316 e. The van der Waals surface area contributed by atoms with E-state index in [4.69, 9.17) is 10.0 Å². The van der Waals surface area contributed by atoms with E-state index in [-0.39, 0.29) is 17.4 Å². The lowest BCUT2D eigenvalue weighted by Gasteiger charge is -2.06. The van der Waals surface area contributed by atoms with E-state index in [1.807, 2.05) is 0 Å². The number of nitrogens with two attached hydrogens (primary N) is 1. The number of amides is 1. The van der Waals surface area contributed by atoms with Gasteiger partial charge in [0.15, 0.2) is 0 Å². The van der Waals surface area contributed by atoms with Gasteiger partial charge >= 0.3 is 8.25 Å². The van der Waals surface area contributed by atoms with E-state index < -0.39 is 18.3 Å². The van der Waals surface area contributed by atoms with Crippen LogP contribution in [0, 0.1) is 0 Å². The zero-order valence-corrected chi connectivity index (χ0v) is 14.3. The van der Waals surface area contributed by atoms with Crippen LogP contribution in [0.25, 0.3) is 0 Å². The first kappa shape index (κ1) is 19.8. The summed E-state index contributed by atoms with van der Waals surface area (Å²) < 4.78 is 37.1. The van der Waals surface area contributed by atoms with Gasteiger partial charge in [-0.2, -0.15) is 0 Å². The molecule has 0 aliphatic heterocycles. The lowest BCUT2D eigenvalue weighted by Crippen LogP contribution is -2.24. The Labute approximate surface area is 136 Å². The van der Waals surface area contributed by atoms with E-state index >= 15 is 0 Å². The highest BCUT2D eigenvalue weighted by molar-refractivity contribution is 7.89. The topological polar surface area (TPSA) is 136 Å². The van der Waals surface area contributed by atoms with E-state index in [9.17, 15) is 17.8 Å². The maximum absolute atomic E-state index is 11.8. The first-order valence-corrected chi connectivity index (χ1v) is 9.88. The van der Waals surface area contributed by atoms with Gasteiger partial charge in [-0.25, -0.2) is 13.6 Å². The molecular formula is C13H21N2O6PS. The summed E-state index contributed by atoms with van der Waals surface area (Å²) >= 11 is 0. The Hall–Kier alpha value is -1.25. The molecule has 1 rings (SSSR count). The number of nitrogens with one attached hydrogen (secondary N) is 1. The van der Waals surface area contributed by atoms with Crippen molar-refractivity contribution in [3.63, 3.8) is 0 Å². The Morgan fingerprint density at radius 1 is 1.17 bits per heavy atom. The van der Waals surface area contributed by atoms with Crippen LogP contribution in [0.4, 0.5) is 0 Å². The zero-order chi connectivity index (χ0) is 17.3. The molecule has 0 radical (unpaired) electrons. The highest BCUT2D eigenvalue weighted by atomic mass is 32.2. The number of benzene rings is 1. The number of rotatable bonds is 10. The Balaban J connectivity index is 2.23. The fraction of sp³-hybridized carbons (Fsp3) is 0.462. The molecule has 8 nitrogen and oxygen atoms in total. The van der Waals surface area contributed by atoms with Gasteiger partial charge in [0.1, 0.15) is 0 Å². The summed E-state index contributed by atoms with van der Waals surface area (Å²) in [5.41, 5.74) is 0.360. The number of carbonyl (C=O) groups excluding carboxylic acids is 1. The van der Waals surface area contributed by atoms with Crippen LogP contribution in [0.2, 0.25) is 0 Å². The second-order valence-electron chi connectivity index (χ2n) is 4.85. The van der Waals surface area contributed by atoms with Crippen molar-refractivity contribution in [2.24, 2.45) is 5.14 Å². The summed E-state index contributed by atoms with van der Waals surface area (Å²) in [6.45, 7) is 0.754. The van der Waals surface area contributed by atoms with Crippen LogP contribution in [-0.4, -0.2) is 32.4 Å². The molecule has 0 saturated heterocycles. The van der Waals surface area contributed by atoms with Gasteiger partial charge < -0.3 is 14.7 Å². The predicted octanol–water partition coefficient (Wildman–Crippen LogP) is 1.02. The first-order chi connectivity index (χ1) is 10.8. The maximum Gasteiger partial charge on any atom is 0.316 e. The van der Waals surface area contributed by atoms with Crippen LogP contribution < -0.4 is 10.5 Å². The summed E-state index contributed by atoms with van der Waals surface area (Å²) in [7, 11) is -6.60. The van der Waals surface area contributed by atoms with Crippen LogP contribution in [0.5, 0.6) is 0 Å². The number of hydrogen-bond donors (Lipinski definition) is 3. The molecule has 1 unspecified atom stereocenters. The molecule has 0 heterocycles. The molecule has 0 aliphatic carbocycles. The third-order valence-corrected chi connectivity index (χ3v) is 4.41. The van der Waals surface area contributed by atoms with Gasteiger partial charge in [-0.1, -0.05) is 12.8 Å². The van der Waals surface area contributed by atoms with Gasteiger partial charge in [-0.15, -0.1) is 0 Å². The zero-order valence-electron chi connectivity index (χ0n) is 12.5.